The summed E-state index contributed by atoms with van der Waals surface area (Å²) in [6, 6.07) is 0. The summed E-state index contributed by atoms with van der Waals surface area (Å²) in [5, 5.41) is 22.9. The molecule has 1 aromatic heterocycles. The van der Waals surface area contributed by atoms with Gasteiger partial charge in [-0.05, 0) is 32.8 Å². The molecule has 0 bridgehead atoms. The van der Waals surface area contributed by atoms with Crippen molar-refractivity contribution in [1.29, 1.82) is 0 Å². The molecule has 0 saturated carbocycles. The lowest BCUT2D eigenvalue weighted by Gasteiger charge is -2.19. The Hall–Kier alpha value is -1.86. The van der Waals surface area contributed by atoms with E-state index in [0.29, 0.717) is 16.8 Å². The van der Waals surface area contributed by atoms with Crippen molar-refractivity contribution in [2.45, 2.75) is 46.3 Å². The highest BCUT2D eigenvalue weighted by atomic mass is 16.5. The number of aliphatic hydroxyl groups is 2. The lowest BCUT2D eigenvalue weighted by molar-refractivity contribution is -0.119. The number of hydrogen-bond acceptors (Lipinski definition) is 5. The first kappa shape index (κ1) is 18.2. The van der Waals surface area contributed by atoms with Gasteiger partial charge < -0.3 is 25.3 Å². The quantitative estimate of drug-likeness (QED) is 0.555. The fourth-order valence-electron chi connectivity index (χ4n) is 2.36. The van der Waals surface area contributed by atoms with Gasteiger partial charge in [0.2, 0.25) is 5.91 Å². The first-order chi connectivity index (χ1) is 10.3. The molecule has 0 aliphatic heterocycles. The number of aromatic nitrogens is 1. The zero-order valence-corrected chi connectivity index (χ0v) is 13.4. The monoisotopic (exact) mass is 312 g/mol. The van der Waals surface area contributed by atoms with Gasteiger partial charge in [0.15, 0.2) is 0 Å². The molecule has 2 atom stereocenters. The van der Waals surface area contributed by atoms with Crippen molar-refractivity contribution in [3.8, 4) is 0 Å². The van der Waals surface area contributed by atoms with Crippen LogP contribution in [-0.4, -0.2) is 46.3 Å². The summed E-state index contributed by atoms with van der Waals surface area (Å²) in [6.45, 7) is 7.03. The van der Waals surface area contributed by atoms with Crippen LogP contribution in [0.3, 0.4) is 0 Å². The SMILES string of the molecule is CCOC(=O)c1[nH]c(C)c(C(O)C(O)CCNC(C)=O)c1C. The van der Waals surface area contributed by atoms with E-state index in [1.54, 1.807) is 20.8 Å². The van der Waals surface area contributed by atoms with E-state index in [9.17, 15) is 19.8 Å². The molecule has 1 amide bonds. The van der Waals surface area contributed by atoms with Crippen LogP contribution in [0, 0.1) is 13.8 Å². The third-order valence-electron chi connectivity index (χ3n) is 3.45. The van der Waals surface area contributed by atoms with Gasteiger partial charge in [0.25, 0.3) is 0 Å². The van der Waals surface area contributed by atoms with E-state index in [1.165, 1.54) is 6.92 Å². The van der Waals surface area contributed by atoms with Crippen molar-refractivity contribution in [3.63, 3.8) is 0 Å². The largest absolute Gasteiger partial charge is 0.461 e. The number of aromatic amines is 1. The van der Waals surface area contributed by atoms with Gasteiger partial charge in [-0.25, -0.2) is 4.79 Å². The van der Waals surface area contributed by atoms with Crippen LogP contribution in [-0.2, 0) is 9.53 Å². The Morgan fingerprint density at radius 2 is 1.95 bits per heavy atom. The molecule has 0 saturated heterocycles. The number of H-pyrrole nitrogens is 1. The number of aryl methyl sites for hydroxylation is 1. The van der Waals surface area contributed by atoms with Crippen LogP contribution in [0.4, 0.5) is 0 Å². The Labute approximate surface area is 129 Å². The maximum atomic E-state index is 11.8. The van der Waals surface area contributed by atoms with E-state index < -0.39 is 18.2 Å². The summed E-state index contributed by atoms with van der Waals surface area (Å²) in [6.07, 6.45) is -1.98. The second-order valence-corrected chi connectivity index (χ2v) is 5.17. The standard InChI is InChI=1S/C15H24N2O5/c1-5-22-15(21)13-8(2)12(9(3)17-13)14(20)11(19)6-7-16-10(4)18/h11,14,17,19-20H,5-7H2,1-4H3,(H,16,18). The first-order valence-corrected chi connectivity index (χ1v) is 7.26. The molecule has 0 fully saturated rings. The Morgan fingerprint density at radius 3 is 2.50 bits per heavy atom. The third kappa shape index (κ3) is 4.32. The maximum Gasteiger partial charge on any atom is 0.355 e. The number of hydrogen-bond donors (Lipinski definition) is 4. The number of aliphatic hydroxyl groups excluding tert-OH is 2. The molecular weight excluding hydrogens is 288 g/mol. The van der Waals surface area contributed by atoms with Crippen molar-refractivity contribution < 1.29 is 24.5 Å². The molecule has 4 N–H and O–H groups in total. The van der Waals surface area contributed by atoms with E-state index in [4.69, 9.17) is 4.74 Å². The molecule has 1 heterocycles. The molecule has 2 unspecified atom stereocenters. The minimum atomic E-state index is -1.15. The average molecular weight is 312 g/mol. The molecule has 124 valence electrons. The van der Waals surface area contributed by atoms with Crippen molar-refractivity contribution in [3.05, 3.63) is 22.5 Å². The Morgan fingerprint density at radius 1 is 1.32 bits per heavy atom. The minimum Gasteiger partial charge on any atom is -0.461 e. The van der Waals surface area contributed by atoms with Crippen LogP contribution in [0.15, 0.2) is 0 Å². The van der Waals surface area contributed by atoms with Gasteiger partial charge in [-0.1, -0.05) is 0 Å². The van der Waals surface area contributed by atoms with Gasteiger partial charge in [0.1, 0.15) is 11.8 Å². The molecule has 1 rings (SSSR count). The molecule has 0 aliphatic rings. The molecule has 0 aliphatic carbocycles. The summed E-state index contributed by atoms with van der Waals surface area (Å²) in [5.41, 5.74) is 1.93. The summed E-state index contributed by atoms with van der Waals surface area (Å²) in [5.74, 6) is -0.686. The number of esters is 1. The third-order valence-corrected chi connectivity index (χ3v) is 3.45. The summed E-state index contributed by atoms with van der Waals surface area (Å²) >= 11 is 0. The smallest absolute Gasteiger partial charge is 0.355 e. The lowest BCUT2D eigenvalue weighted by atomic mass is 9.98. The van der Waals surface area contributed by atoms with Crippen LogP contribution in [0.5, 0.6) is 0 Å². The van der Waals surface area contributed by atoms with Crippen LogP contribution >= 0.6 is 0 Å². The summed E-state index contributed by atoms with van der Waals surface area (Å²) in [7, 11) is 0. The number of carbonyl (C=O) groups is 2. The maximum absolute atomic E-state index is 11.8. The van der Waals surface area contributed by atoms with Gasteiger partial charge in [0.05, 0.1) is 12.7 Å². The number of ether oxygens (including phenoxy) is 1. The van der Waals surface area contributed by atoms with Gasteiger partial charge in [0, 0.05) is 24.7 Å². The Balaban J connectivity index is 2.86. The minimum absolute atomic E-state index is 0.194. The van der Waals surface area contributed by atoms with Gasteiger partial charge in [-0.3, -0.25) is 4.79 Å². The summed E-state index contributed by atoms with van der Waals surface area (Å²) in [4.78, 5) is 25.5. The highest BCUT2D eigenvalue weighted by Crippen LogP contribution is 2.28. The molecule has 0 radical (unpaired) electrons. The van der Waals surface area contributed by atoms with Crippen LogP contribution in [0.25, 0.3) is 0 Å². The number of nitrogens with one attached hydrogen (secondary N) is 2. The fraction of sp³-hybridized carbons (Fsp3) is 0.600. The Kier molecular flexibility index (Phi) is 6.58. The number of rotatable bonds is 7. The van der Waals surface area contributed by atoms with Crippen molar-refractivity contribution in [1.82, 2.24) is 10.3 Å². The molecular formula is C15H24N2O5. The molecule has 22 heavy (non-hydrogen) atoms. The normalized spacial score (nSPS) is 13.5. The molecule has 7 nitrogen and oxygen atoms in total. The second-order valence-electron chi connectivity index (χ2n) is 5.17. The van der Waals surface area contributed by atoms with Gasteiger partial charge in [-0.15, -0.1) is 0 Å². The first-order valence-electron chi connectivity index (χ1n) is 7.26. The number of amides is 1. The van der Waals surface area contributed by atoms with Crippen molar-refractivity contribution in [2.24, 2.45) is 0 Å². The van der Waals surface area contributed by atoms with Crippen LogP contribution in [0.2, 0.25) is 0 Å². The van der Waals surface area contributed by atoms with E-state index >= 15 is 0 Å². The van der Waals surface area contributed by atoms with Gasteiger partial charge >= 0.3 is 5.97 Å². The van der Waals surface area contributed by atoms with Crippen molar-refractivity contribution >= 4 is 11.9 Å². The van der Waals surface area contributed by atoms with E-state index in [1.807, 2.05) is 0 Å². The predicted octanol–water partition coefficient (Wildman–Crippen LogP) is 0.729. The zero-order valence-electron chi connectivity index (χ0n) is 13.4. The van der Waals surface area contributed by atoms with Crippen molar-refractivity contribution in [2.75, 3.05) is 13.2 Å². The second kappa shape index (κ2) is 7.95. The van der Waals surface area contributed by atoms with E-state index in [-0.39, 0.29) is 31.2 Å². The summed E-state index contributed by atoms with van der Waals surface area (Å²) < 4.78 is 4.95. The fourth-order valence-corrected chi connectivity index (χ4v) is 2.36. The highest BCUT2D eigenvalue weighted by molar-refractivity contribution is 5.89. The van der Waals surface area contributed by atoms with Crippen LogP contribution in [0.1, 0.15) is 53.7 Å². The number of carbonyl (C=O) groups excluding carboxylic acids is 2. The van der Waals surface area contributed by atoms with Crippen LogP contribution < -0.4 is 5.32 Å². The molecule has 1 aromatic rings. The molecule has 7 heteroatoms. The highest BCUT2D eigenvalue weighted by Gasteiger charge is 2.27. The predicted molar refractivity (Wildman–Crippen MR) is 80.5 cm³/mol. The zero-order chi connectivity index (χ0) is 16.9. The lowest BCUT2D eigenvalue weighted by Crippen LogP contribution is -2.28. The Bertz CT molecular complexity index is 538. The molecule has 0 aromatic carbocycles. The van der Waals surface area contributed by atoms with Gasteiger partial charge in [-0.2, -0.15) is 0 Å². The van der Waals surface area contributed by atoms with E-state index in [2.05, 4.69) is 10.3 Å². The average Bonchev–Trinajstić information content (AvgIpc) is 2.73. The van der Waals surface area contributed by atoms with E-state index in [0.717, 1.165) is 0 Å². The molecule has 0 spiro atoms. The topological polar surface area (TPSA) is 112 Å².